The van der Waals surface area contributed by atoms with Crippen molar-refractivity contribution in [3.63, 3.8) is 0 Å². The fourth-order valence-electron chi connectivity index (χ4n) is 4.76. The molecule has 35 heavy (non-hydrogen) atoms. The molecule has 3 aliphatic heterocycles. The quantitative estimate of drug-likeness (QED) is 0.342. The topological polar surface area (TPSA) is 123 Å². The van der Waals surface area contributed by atoms with Crippen molar-refractivity contribution in [3.05, 3.63) is 71.3 Å². The van der Waals surface area contributed by atoms with E-state index in [9.17, 15) is 24.3 Å². The molecule has 182 valence electrons. The first-order valence-electron chi connectivity index (χ1n) is 11.4. The van der Waals surface area contributed by atoms with E-state index in [1.54, 1.807) is 19.1 Å². The van der Waals surface area contributed by atoms with E-state index >= 15 is 0 Å². The second-order valence-corrected chi connectivity index (χ2v) is 8.51. The Morgan fingerprint density at radius 2 is 1.60 bits per heavy atom. The van der Waals surface area contributed by atoms with Gasteiger partial charge in [0.25, 0.3) is 23.6 Å². The number of ether oxygens (including phenoxy) is 3. The molecule has 0 aliphatic carbocycles. The molecule has 3 aliphatic rings. The van der Waals surface area contributed by atoms with Gasteiger partial charge in [-0.05, 0) is 17.7 Å². The normalized spacial score (nSPS) is 27.4. The van der Waals surface area contributed by atoms with Crippen LogP contribution in [0.3, 0.4) is 0 Å². The molecule has 2 aromatic carbocycles. The predicted molar refractivity (Wildman–Crippen MR) is 118 cm³/mol. The van der Waals surface area contributed by atoms with Gasteiger partial charge in [0.2, 0.25) is 0 Å². The molecule has 0 bridgehead atoms. The van der Waals surface area contributed by atoms with Crippen molar-refractivity contribution < 1.29 is 38.5 Å². The zero-order chi connectivity index (χ0) is 24.7. The van der Waals surface area contributed by atoms with E-state index in [0.717, 1.165) is 10.5 Å². The first kappa shape index (κ1) is 23.2. The van der Waals surface area contributed by atoms with Crippen LogP contribution in [-0.4, -0.2) is 69.5 Å². The van der Waals surface area contributed by atoms with Crippen molar-refractivity contribution in [3.8, 4) is 0 Å². The summed E-state index contributed by atoms with van der Waals surface area (Å²) in [6.45, 7) is 1.33. The van der Waals surface area contributed by atoms with Gasteiger partial charge in [-0.25, -0.2) is 0 Å². The lowest BCUT2D eigenvalue weighted by Crippen LogP contribution is -2.82. The van der Waals surface area contributed by atoms with Crippen LogP contribution >= 0.6 is 0 Å². The number of aliphatic hydroxyl groups is 1. The summed E-state index contributed by atoms with van der Waals surface area (Å²) in [7, 11) is 0. The van der Waals surface area contributed by atoms with Crippen molar-refractivity contribution in [1.29, 1.82) is 0 Å². The van der Waals surface area contributed by atoms with Crippen LogP contribution in [0.5, 0.6) is 0 Å². The Labute approximate surface area is 201 Å². The zero-order valence-corrected chi connectivity index (χ0v) is 19.0. The van der Waals surface area contributed by atoms with Crippen LogP contribution in [0.15, 0.2) is 54.6 Å². The van der Waals surface area contributed by atoms with Crippen LogP contribution < -0.4 is 0 Å². The third kappa shape index (κ3) is 3.70. The second-order valence-electron chi connectivity index (χ2n) is 8.51. The molecule has 2 fully saturated rings. The summed E-state index contributed by atoms with van der Waals surface area (Å²) in [5.74, 6) is -3.76. The van der Waals surface area contributed by atoms with Crippen molar-refractivity contribution >= 4 is 23.7 Å². The Balaban J connectivity index is 1.22. The minimum absolute atomic E-state index is 0.116. The van der Waals surface area contributed by atoms with Gasteiger partial charge in [0, 0.05) is 6.42 Å². The van der Waals surface area contributed by atoms with Gasteiger partial charge >= 0.3 is 5.97 Å². The summed E-state index contributed by atoms with van der Waals surface area (Å²) in [5, 5.41) is 10.0. The Hall–Kier alpha value is -3.60. The minimum atomic E-state index is -1.50. The van der Waals surface area contributed by atoms with E-state index in [1.165, 1.54) is 17.0 Å². The fourth-order valence-corrected chi connectivity index (χ4v) is 4.76. The molecule has 10 nitrogen and oxygen atoms in total. The van der Waals surface area contributed by atoms with Gasteiger partial charge in [-0.1, -0.05) is 49.4 Å². The van der Waals surface area contributed by atoms with E-state index < -0.39 is 54.6 Å². The van der Waals surface area contributed by atoms with E-state index in [2.05, 4.69) is 0 Å². The van der Waals surface area contributed by atoms with Crippen molar-refractivity contribution in [1.82, 2.24) is 9.80 Å². The summed E-state index contributed by atoms with van der Waals surface area (Å²) < 4.78 is 16.9. The summed E-state index contributed by atoms with van der Waals surface area (Å²) in [5.41, 5.74) is 1.28. The molecule has 0 aromatic heterocycles. The van der Waals surface area contributed by atoms with E-state index in [-0.39, 0.29) is 30.6 Å². The number of hydrogen-bond donors (Lipinski definition) is 1. The number of carbonyl (C=O) groups excluding carboxylic acids is 4. The molecule has 0 spiro atoms. The minimum Gasteiger partial charge on any atom is -0.461 e. The third-order valence-electron chi connectivity index (χ3n) is 6.50. The number of benzene rings is 2. The highest BCUT2D eigenvalue weighted by molar-refractivity contribution is 6.23. The van der Waals surface area contributed by atoms with Gasteiger partial charge in [0.15, 0.2) is 6.29 Å². The third-order valence-corrected chi connectivity index (χ3v) is 6.50. The Morgan fingerprint density at radius 3 is 2.17 bits per heavy atom. The predicted octanol–water partition coefficient (Wildman–Crippen LogP) is 1.42. The number of esters is 1. The van der Waals surface area contributed by atoms with E-state index in [4.69, 9.17) is 14.2 Å². The molecule has 10 heteroatoms. The van der Waals surface area contributed by atoms with Crippen molar-refractivity contribution in [2.45, 2.75) is 50.7 Å². The molecule has 2 saturated heterocycles. The van der Waals surface area contributed by atoms with Crippen molar-refractivity contribution in [2.75, 3.05) is 6.61 Å². The number of nitrogens with zero attached hydrogens (tertiary/aromatic N) is 2. The van der Waals surface area contributed by atoms with Crippen LogP contribution in [0.25, 0.3) is 0 Å². The lowest BCUT2D eigenvalue weighted by molar-refractivity contribution is -0.502. The molecule has 5 rings (SSSR count). The lowest BCUT2D eigenvalue weighted by Gasteiger charge is -2.61. The van der Waals surface area contributed by atoms with Crippen molar-refractivity contribution in [2.24, 2.45) is 0 Å². The lowest BCUT2D eigenvalue weighted by atomic mass is 9.91. The summed E-state index contributed by atoms with van der Waals surface area (Å²) in [6, 6.07) is 13.5. The second kappa shape index (κ2) is 8.88. The van der Waals surface area contributed by atoms with Crippen LogP contribution in [0.4, 0.5) is 0 Å². The van der Waals surface area contributed by atoms with Gasteiger partial charge in [0.05, 0.1) is 30.2 Å². The average Bonchev–Trinajstić information content (AvgIpc) is 3.10. The van der Waals surface area contributed by atoms with Crippen LogP contribution in [0.1, 0.15) is 46.0 Å². The standard InChI is InChI=1S/C25H24N2O8/c1-2-25(34-20(35-25)12-19(29)33-14-15-8-4-3-5-9-15)27-18(13-28)21(24(27)32)26-22(30)16-10-6-7-11-17(16)23(26)31/h3-11,18,20-21,28H,2,12-14H2,1H3/t18-,20?,21+,25?/m1/s1. The van der Waals surface area contributed by atoms with E-state index in [1.807, 2.05) is 30.3 Å². The molecular formula is C25H24N2O8. The van der Waals surface area contributed by atoms with Gasteiger partial charge in [0.1, 0.15) is 12.6 Å². The number of fused-ring (bicyclic) bond motifs is 1. The van der Waals surface area contributed by atoms with Gasteiger partial charge in [-0.3, -0.25) is 29.0 Å². The number of amides is 3. The average molecular weight is 480 g/mol. The Bertz CT molecular complexity index is 1140. The molecule has 0 saturated carbocycles. The Morgan fingerprint density at radius 1 is 1.00 bits per heavy atom. The molecule has 0 radical (unpaired) electrons. The number of hydrogen-bond acceptors (Lipinski definition) is 8. The molecule has 1 N–H and O–H groups in total. The Kier molecular flexibility index (Phi) is 5.87. The highest BCUT2D eigenvalue weighted by Crippen LogP contribution is 2.45. The molecular weight excluding hydrogens is 456 g/mol. The number of imide groups is 1. The number of β-lactam (4-membered cyclic amide) rings is 1. The highest BCUT2D eigenvalue weighted by atomic mass is 16.9. The first-order chi connectivity index (χ1) is 16.9. The summed E-state index contributed by atoms with van der Waals surface area (Å²) in [4.78, 5) is 53.1. The molecule has 3 heterocycles. The first-order valence-corrected chi connectivity index (χ1v) is 11.4. The number of carbonyl (C=O) groups is 4. The van der Waals surface area contributed by atoms with Gasteiger partial charge in [-0.15, -0.1) is 0 Å². The van der Waals surface area contributed by atoms with Crippen LogP contribution in [0, 0.1) is 0 Å². The smallest absolute Gasteiger partial charge is 0.311 e. The largest absolute Gasteiger partial charge is 0.461 e. The fraction of sp³-hybridized carbons (Fsp3) is 0.360. The number of rotatable bonds is 8. The molecule has 3 amide bonds. The van der Waals surface area contributed by atoms with Gasteiger partial charge < -0.3 is 19.3 Å². The number of aliphatic hydroxyl groups excluding tert-OH is 1. The summed E-state index contributed by atoms with van der Waals surface area (Å²) in [6.07, 6.45) is -0.897. The molecule has 0 unspecified atom stereocenters. The SMILES string of the molecule is CCC1(N2C(=O)[C@@H](N3C(=O)c4ccccc4C3=O)[C@H]2CO)OC(CC(=O)OCc2ccccc2)O1. The maximum absolute atomic E-state index is 13.2. The maximum atomic E-state index is 13.2. The van der Waals surface area contributed by atoms with Crippen LogP contribution in [-0.2, 0) is 30.4 Å². The van der Waals surface area contributed by atoms with Gasteiger partial charge in [-0.2, -0.15) is 0 Å². The molecule has 2 aromatic rings. The number of likely N-dealkylation sites (tertiary alicyclic amines) is 1. The summed E-state index contributed by atoms with van der Waals surface area (Å²) >= 11 is 0. The van der Waals surface area contributed by atoms with E-state index in [0.29, 0.717) is 0 Å². The molecule has 2 atom stereocenters. The highest BCUT2D eigenvalue weighted by Gasteiger charge is 2.66. The monoisotopic (exact) mass is 480 g/mol. The zero-order valence-electron chi connectivity index (χ0n) is 19.0. The maximum Gasteiger partial charge on any atom is 0.311 e. The van der Waals surface area contributed by atoms with Crippen LogP contribution in [0.2, 0.25) is 0 Å².